The minimum absolute atomic E-state index is 0.0707. The fourth-order valence-corrected chi connectivity index (χ4v) is 2.63. The number of rotatable bonds is 7. The SMILES string of the molecule is Cc1ccc(C(C)C)c(OCC(=O)Nc2ccc(C(=O)NC(C)C)cc2)c1. The predicted molar refractivity (Wildman–Crippen MR) is 108 cm³/mol. The van der Waals surface area contributed by atoms with E-state index < -0.39 is 0 Å². The molecule has 0 heterocycles. The molecule has 2 aromatic rings. The van der Waals surface area contributed by atoms with Crippen LogP contribution in [-0.2, 0) is 4.79 Å². The predicted octanol–water partition coefficient (Wildman–Crippen LogP) is 4.27. The molecule has 2 amide bonds. The Balaban J connectivity index is 1.95. The van der Waals surface area contributed by atoms with E-state index in [-0.39, 0.29) is 24.5 Å². The van der Waals surface area contributed by atoms with Gasteiger partial charge in [0.1, 0.15) is 5.75 Å². The zero-order chi connectivity index (χ0) is 20.0. The van der Waals surface area contributed by atoms with Gasteiger partial charge in [0.25, 0.3) is 11.8 Å². The molecular formula is C22H28N2O3. The van der Waals surface area contributed by atoms with Crippen LogP contribution in [0.3, 0.4) is 0 Å². The van der Waals surface area contributed by atoms with Gasteiger partial charge in [0, 0.05) is 17.3 Å². The number of benzene rings is 2. The van der Waals surface area contributed by atoms with E-state index in [0.717, 1.165) is 16.9 Å². The van der Waals surface area contributed by atoms with Crippen molar-refractivity contribution >= 4 is 17.5 Å². The van der Waals surface area contributed by atoms with Crippen molar-refractivity contribution in [2.45, 2.75) is 46.6 Å². The van der Waals surface area contributed by atoms with Gasteiger partial charge in [-0.15, -0.1) is 0 Å². The Bertz CT molecular complexity index is 796. The van der Waals surface area contributed by atoms with Gasteiger partial charge < -0.3 is 15.4 Å². The van der Waals surface area contributed by atoms with Crippen LogP contribution in [0.1, 0.15) is 55.1 Å². The molecule has 0 atom stereocenters. The van der Waals surface area contributed by atoms with Crippen LogP contribution in [0.4, 0.5) is 5.69 Å². The molecule has 0 aliphatic heterocycles. The average Bonchev–Trinajstić information content (AvgIpc) is 2.59. The number of hydrogen-bond donors (Lipinski definition) is 2. The van der Waals surface area contributed by atoms with E-state index in [1.165, 1.54) is 0 Å². The molecule has 0 spiro atoms. The first-order chi connectivity index (χ1) is 12.8. The minimum Gasteiger partial charge on any atom is -0.483 e. The van der Waals surface area contributed by atoms with E-state index in [2.05, 4.69) is 24.5 Å². The summed E-state index contributed by atoms with van der Waals surface area (Å²) in [6.07, 6.45) is 0. The molecule has 0 radical (unpaired) electrons. The summed E-state index contributed by atoms with van der Waals surface area (Å²) in [5, 5.41) is 5.62. The normalized spacial score (nSPS) is 10.8. The third-order valence-electron chi connectivity index (χ3n) is 4.00. The molecule has 0 bridgehead atoms. The fourth-order valence-electron chi connectivity index (χ4n) is 2.63. The van der Waals surface area contributed by atoms with Gasteiger partial charge in [0.15, 0.2) is 6.61 Å². The van der Waals surface area contributed by atoms with Crippen molar-refractivity contribution < 1.29 is 14.3 Å². The summed E-state index contributed by atoms with van der Waals surface area (Å²) in [5.74, 6) is 0.673. The summed E-state index contributed by atoms with van der Waals surface area (Å²) in [4.78, 5) is 24.1. The molecule has 0 aliphatic carbocycles. The molecule has 5 heteroatoms. The summed E-state index contributed by atoms with van der Waals surface area (Å²) < 4.78 is 5.74. The molecule has 0 aromatic heterocycles. The first-order valence-corrected chi connectivity index (χ1v) is 9.20. The van der Waals surface area contributed by atoms with Gasteiger partial charge in [-0.3, -0.25) is 9.59 Å². The maximum absolute atomic E-state index is 12.2. The largest absolute Gasteiger partial charge is 0.483 e. The summed E-state index contributed by atoms with van der Waals surface area (Å²) in [6, 6.07) is 12.9. The zero-order valence-electron chi connectivity index (χ0n) is 16.6. The van der Waals surface area contributed by atoms with Crippen molar-refractivity contribution in [2.75, 3.05) is 11.9 Å². The number of nitrogens with one attached hydrogen (secondary N) is 2. The van der Waals surface area contributed by atoms with Crippen LogP contribution < -0.4 is 15.4 Å². The van der Waals surface area contributed by atoms with Crippen LogP contribution in [0, 0.1) is 6.92 Å². The van der Waals surface area contributed by atoms with E-state index in [1.807, 2.05) is 39.0 Å². The highest BCUT2D eigenvalue weighted by molar-refractivity contribution is 5.96. The van der Waals surface area contributed by atoms with Crippen molar-refractivity contribution in [1.29, 1.82) is 0 Å². The molecule has 27 heavy (non-hydrogen) atoms. The standard InChI is InChI=1S/C22H28N2O3/c1-14(2)19-11-6-16(5)12-20(19)27-13-21(25)24-18-9-7-17(8-10-18)22(26)23-15(3)4/h6-12,14-15H,13H2,1-5H3,(H,23,26)(H,24,25). The topological polar surface area (TPSA) is 67.4 Å². The molecule has 0 aliphatic rings. The minimum atomic E-state index is -0.245. The van der Waals surface area contributed by atoms with Crippen LogP contribution in [0.25, 0.3) is 0 Å². The molecule has 2 rings (SSSR count). The highest BCUT2D eigenvalue weighted by Gasteiger charge is 2.11. The molecule has 0 saturated heterocycles. The molecule has 0 fully saturated rings. The second-order valence-electron chi connectivity index (χ2n) is 7.24. The lowest BCUT2D eigenvalue weighted by Gasteiger charge is -2.15. The molecule has 2 aromatic carbocycles. The monoisotopic (exact) mass is 368 g/mol. The van der Waals surface area contributed by atoms with E-state index in [1.54, 1.807) is 24.3 Å². The van der Waals surface area contributed by atoms with Gasteiger partial charge in [0.2, 0.25) is 0 Å². The van der Waals surface area contributed by atoms with Gasteiger partial charge in [-0.25, -0.2) is 0 Å². The van der Waals surface area contributed by atoms with E-state index in [9.17, 15) is 9.59 Å². The van der Waals surface area contributed by atoms with Crippen molar-refractivity contribution in [3.05, 3.63) is 59.2 Å². The second-order valence-corrected chi connectivity index (χ2v) is 7.24. The number of aryl methyl sites for hydroxylation is 1. The second kappa shape index (κ2) is 9.21. The lowest BCUT2D eigenvalue weighted by atomic mass is 10.0. The highest BCUT2D eigenvalue weighted by Crippen LogP contribution is 2.27. The summed E-state index contributed by atoms with van der Waals surface area (Å²) in [6.45, 7) is 9.92. The van der Waals surface area contributed by atoms with Crippen LogP contribution in [0.2, 0.25) is 0 Å². The Morgan fingerprint density at radius 1 is 1.00 bits per heavy atom. The number of anilines is 1. The van der Waals surface area contributed by atoms with Crippen molar-refractivity contribution in [3.63, 3.8) is 0 Å². The van der Waals surface area contributed by atoms with Gasteiger partial charge in [-0.2, -0.15) is 0 Å². The fraction of sp³-hybridized carbons (Fsp3) is 0.364. The molecule has 5 nitrogen and oxygen atoms in total. The first kappa shape index (κ1) is 20.5. The van der Waals surface area contributed by atoms with Crippen molar-refractivity contribution in [3.8, 4) is 5.75 Å². The summed E-state index contributed by atoms with van der Waals surface area (Å²) >= 11 is 0. The van der Waals surface area contributed by atoms with Crippen molar-refractivity contribution in [2.24, 2.45) is 0 Å². The Hall–Kier alpha value is -2.82. The molecule has 0 unspecified atom stereocenters. The van der Waals surface area contributed by atoms with Crippen molar-refractivity contribution in [1.82, 2.24) is 5.32 Å². The Labute approximate surface area is 161 Å². The smallest absolute Gasteiger partial charge is 0.262 e. The number of hydrogen-bond acceptors (Lipinski definition) is 3. The van der Waals surface area contributed by atoms with Crippen LogP contribution >= 0.6 is 0 Å². The highest BCUT2D eigenvalue weighted by atomic mass is 16.5. The Morgan fingerprint density at radius 3 is 2.26 bits per heavy atom. The Morgan fingerprint density at radius 2 is 1.67 bits per heavy atom. The summed E-state index contributed by atoms with van der Waals surface area (Å²) in [5.41, 5.74) is 3.34. The van der Waals surface area contributed by atoms with Crippen LogP contribution in [0.15, 0.2) is 42.5 Å². The van der Waals surface area contributed by atoms with Gasteiger partial charge >= 0.3 is 0 Å². The number of amides is 2. The zero-order valence-corrected chi connectivity index (χ0v) is 16.6. The first-order valence-electron chi connectivity index (χ1n) is 9.20. The Kier molecular flexibility index (Phi) is 6.99. The van der Waals surface area contributed by atoms with Gasteiger partial charge in [-0.1, -0.05) is 26.0 Å². The molecule has 2 N–H and O–H groups in total. The van der Waals surface area contributed by atoms with Crippen LogP contribution in [0.5, 0.6) is 5.75 Å². The average molecular weight is 368 g/mol. The van der Waals surface area contributed by atoms with E-state index in [4.69, 9.17) is 4.74 Å². The summed E-state index contributed by atoms with van der Waals surface area (Å²) in [7, 11) is 0. The lowest BCUT2D eigenvalue weighted by molar-refractivity contribution is -0.118. The maximum atomic E-state index is 12.2. The molecule has 144 valence electrons. The quantitative estimate of drug-likeness (QED) is 0.767. The number of carbonyl (C=O) groups excluding carboxylic acids is 2. The van der Waals surface area contributed by atoms with E-state index in [0.29, 0.717) is 17.2 Å². The van der Waals surface area contributed by atoms with Gasteiger partial charge in [-0.05, 0) is 68.1 Å². The molecular weight excluding hydrogens is 340 g/mol. The third kappa shape index (κ3) is 6.13. The van der Waals surface area contributed by atoms with E-state index >= 15 is 0 Å². The maximum Gasteiger partial charge on any atom is 0.262 e. The third-order valence-corrected chi connectivity index (χ3v) is 4.00. The van der Waals surface area contributed by atoms with Gasteiger partial charge in [0.05, 0.1) is 0 Å². The number of ether oxygens (including phenoxy) is 1. The van der Waals surface area contributed by atoms with Crippen LogP contribution in [-0.4, -0.2) is 24.5 Å². The molecule has 0 saturated carbocycles. The lowest BCUT2D eigenvalue weighted by Crippen LogP contribution is -2.30. The number of carbonyl (C=O) groups is 2.